The van der Waals surface area contributed by atoms with Crippen LogP contribution < -0.4 is 9.64 Å². The number of pyridine rings is 2. The van der Waals surface area contributed by atoms with Gasteiger partial charge in [-0.25, -0.2) is 9.37 Å². The van der Waals surface area contributed by atoms with Crippen molar-refractivity contribution in [3.63, 3.8) is 0 Å². The molecule has 0 aliphatic carbocycles. The topological polar surface area (TPSA) is 84.0 Å². The number of hydrogen-bond donors (Lipinski definition) is 1. The fourth-order valence-electron chi connectivity index (χ4n) is 5.16. The zero-order valence-electron chi connectivity index (χ0n) is 20.9. The first kappa shape index (κ1) is 26.0. The summed E-state index contributed by atoms with van der Waals surface area (Å²) in [6.45, 7) is 9.24. The lowest BCUT2D eigenvalue weighted by Crippen LogP contribution is -2.56. The number of nitrogens with zero attached hydrogens (tertiary/aromatic N) is 4. The summed E-state index contributed by atoms with van der Waals surface area (Å²) in [6.07, 6.45) is 4.82. The van der Waals surface area contributed by atoms with E-state index in [-0.39, 0.29) is 11.2 Å². The minimum atomic E-state index is -2.09. The summed E-state index contributed by atoms with van der Waals surface area (Å²) >= 11 is 12.5. The van der Waals surface area contributed by atoms with Gasteiger partial charge >= 0.3 is 0 Å². The van der Waals surface area contributed by atoms with E-state index in [1.165, 1.54) is 18.5 Å². The molecule has 0 radical (unpaired) electrons. The lowest BCUT2D eigenvalue weighted by Gasteiger charge is -2.49. The third-order valence-electron chi connectivity index (χ3n) is 6.47. The van der Waals surface area contributed by atoms with Gasteiger partial charge in [0, 0.05) is 65.8 Å². The molecule has 7 nitrogen and oxygen atoms in total. The van der Waals surface area contributed by atoms with Crippen molar-refractivity contribution >= 4 is 47.1 Å². The van der Waals surface area contributed by atoms with Gasteiger partial charge in [0.25, 0.3) is 0 Å². The highest BCUT2D eigenvalue weighted by molar-refractivity contribution is 7.62. The van der Waals surface area contributed by atoms with Gasteiger partial charge < -0.3 is 14.2 Å². The molecule has 0 unspecified atom stereocenters. The number of H-pyrrole nitrogens is 1. The van der Waals surface area contributed by atoms with Crippen molar-refractivity contribution in [3.05, 3.63) is 64.3 Å². The van der Waals surface area contributed by atoms with Crippen LogP contribution in [0, 0.1) is 11.2 Å². The molecule has 11 heteroatoms. The van der Waals surface area contributed by atoms with E-state index in [1.54, 1.807) is 19.2 Å². The van der Waals surface area contributed by atoms with Crippen molar-refractivity contribution in [1.82, 2.24) is 20.2 Å². The molecule has 4 heterocycles. The van der Waals surface area contributed by atoms with E-state index >= 15 is 0 Å². The maximum absolute atomic E-state index is 14.9. The summed E-state index contributed by atoms with van der Waals surface area (Å²) in [5.74, 6) is 0.382. The van der Waals surface area contributed by atoms with E-state index in [1.807, 2.05) is 25.5 Å². The molecule has 1 atom stereocenters. The van der Waals surface area contributed by atoms with Gasteiger partial charge in [-0.05, 0) is 38.5 Å². The van der Waals surface area contributed by atoms with Crippen LogP contribution in [-0.4, -0.2) is 52.7 Å². The SMILES string of the molecule is C[C@@H](Oc1cc2c(-c3ccc(N4CC(C)(CP(C)(C)=O)C4)nc3)n[nH]c2cc1F)c1c(Cl)cncc1Cl. The van der Waals surface area contributed by atoms with Gasteiger partial charge in [0.05, 0.1) is 22.7 Å². The van der Waals surface area contributed by atoms with Crippen molar-refractivity contribution in [2.75, 3.05) is 37.5 Å². The van der Waals surface area contributed by atoms with E-state index < -0.39 is 19.1 Å². The quantitative estimate of drug-likeness (QED) is 0.243. The highest BCUT2D eigenvalue weighted by Crippen LogP contribution is 2.47. The summed E-state index contributed by atoms with van der Waals surface area (Å²) in [5, 5.41) is 8.68. The Morgan fingerprint density at radius 1 is 1.19 bits per heavy atom. The Bertz CT molecular complexity index is 1500. The Balaban J connectivity index is 1.37. The van der Waals surface area contributed by atoms with Crippen LogP contribution in [0.4, 0.5) is 10.2 Å². The molecular formula is C26H27Cl2FN5O2P. The molecule has 0 amide bonds. The van der Waals surface area contributed by atoms with Crippen molar-refractivity contribution in [1.29, 1.82) is 0 Å². The number of ether oxygens (including phenoxy) is 1. The van der Waals surface area contributed by atoms with Gasteiger partial charge in [-0.1, -0.05) is 30.1 Å². The monoisotopic (exact) mass is 561 g/mol. The van der Waals surface area contributed by atoms with Gasteiger partial charge in [0.15, 0.2) is 11.6 Å². The zero-order chi connectivity index (χ0) is 26.5. The fourth-order valence-corrected chi connectivity index (χ4v) is 7.87. The molecule has 1 fully saturated rings. The molecule has 1 N–H and O–H groups in total. The Hall–Kier alpha value is -2.67. The van der Waals surface area contributed by atoms with E-state index in [2.05, 4.69) is 32.0 Å². The first-order valence-electron chi connectivity index (χ1n) is 11.8. The highest BCUT2D eigenvalue weighted by Gasteiger charge is 2.41. The summed E-state index contributed by atoms with van der Waals surface area (Å²) in [4.78, 5) is 10.8. The molecule has 1 aliphatic rings. The van der Waals surface area contributed by atoms with Crippen LogP contribution in [0.2, 0.25) is 10.0 Å². The van der Waals surface area contributed by atoms with Gasteiger partial charge in [0.1, 0.15) is 17.6 Å². The third kappa shape index (κ3) is 5.33. The predicted octanol–water partition coefficient (Wildman–Crippen LogP) is 7.05. The number of rotatable bonds is 7. The standard InChI is InChI=1S/C26H27Cl2FN5O2P/c1-15(24-18(27)10-30-11-19(24)28)36-22-7-17-21(8-20(22)29)32-33-25(17)16-5-6-23(31-9-16)34-12-26(2,13-34)14-37(3,4)35/h5-11,15H,12-14H2,1-4H3,(H,32,33)/t15-/m1/s1. The summed E-state index contributed by atoms with van der Waals surface area (Å²) in [7, 11) is -2.09. The molecule has 4 aromatic rings. The zero-order valence-corrected chi connectivity index (χ0v) is 23.3. The summed E-state index contributed by atoms with van der Waals surface area (Å²) in [5.41, 5.74) is 2.54. The molecule has 0 bridgehead atoms. The average Bonchev–Trinajstić information content (AvgIpc) is 3.19. The van der Waals surface area contributed by atoms with Crippen molar-refractivity contribution in [3.8, 4) is 17.0 Å². The second-order valence-corrected chi connectivity index (χ2v) is 14.8. The number of aromatic amines is 1. The molecule has 194 valence electrons. The molecular weight excluding hydrogens is 535 g/mol. The van der Waals surface area contributed by atoms with Gasteiger partial charge in [-0.15, -0.1) is 0 Å². The first-order chi connectivity index (χ1) is 17.4. The Kier molecular flexibility index (Phi) is 6.71. The lowest BCUT2D eigenvalue weighted by atomic mass is 9.84. The highest BCUT2D eigenvalue weighted by atomic mass is 35.5. The van der Waals surface area contributed by atoms with Crippen molar-refractivity contribution < 1.29 is 13.7 Å². The predicted molar refractivity (Wildman–Crippen MR) is 147 cm³/mol. The number of aromatic nitrogens is 4. The van der Waals surface area contributed by atoms with Crippen LogP contribution >= 0.6 is 30.3 Å². The Morgan fingerprint density at radius 3 is 2.51 bits per heavy atom. The van der Waals surface area contributed by atoms with Gasteiger partial charge in [0.2, 0.25) is 0 Å². The van der Waals surface area contributed by atoms with E-state index in [9.17, 15) is 8.96 Å². The van der Waals surface area contributed by atoms with E-state index in [0.717, 1.165) is 30.6 Å². The minimum Gasteiger partial charge on any atom is -0.483 e. The number of anilines is 1. The Labute approximate surface area is 224 Å². The molecule has 1 aromatic carbocycles. The van der Waals surface area contributed by atoms with Crippen LogP contribution in [-0.2, 0) is 4.57 Å². The molecule has 1 saturated heterocycles. The maximum Gasteiger partial charge on any atom is 0.167 e. The number of benzene rings is 1. The van der Waals surface area contributed by atoms with Crippen molar-refractivity contribution in [2.24, 2.45) is 5.41 Å². The van der Waals surface area contributed by atoms with Crippen LogP contribution in [0.3, 0.4) is 0 Å². The molecule has 3 aromatic heterocycles. The van der Waals surface area contributed by atoms with Crippen LogP contribution in [0.15, 0.2) is 42.9 Å². The first-order valence-corrected chi connectivity index (χ1v) is 15.4. The van der Waals surface area contributed by atoms with Gasteiger partial charge in [-0.2, -0.15) is 5.10 Å². The smallest absolute Gasteiger partial charge is 0.167 e. The molecule has 37 heavy (non-hydrogen) atoms. The fraction of sp³-hybridized carbons (Fsp3) is 0.346. The van der Waals surface area contributed by atoms with E-state index in [0.29, 0.717) is 32.2 Å². The van der Waals surface area contributed by atoms with Crippen LogP contribution in [0.1, 0.15) is 25.5 Å². The average molecular weight is 562 g/mol. The van der Waals surface area contributed by atoms with Crippen LogP contribution in [0.25, 0.3) is 22.2 Å². The number of fused-ring (bicyclic) bond motifs is 1. The van der Waals surface area contributed by atoms with E-state index in [4.69, 9.17) is 27.9 Å². The molecule has 0 saturated carbocycles. The molecule has 5 rings (SSSR count). The van der Waals surface area contributed by atoms with Gasteiger partial charge in [-0.3, -0.25) is 10.1 Å². The third-order valence-corrected chi connectivity index (χ3v) is 8.60. The second-order valence-electron chi connectivity index (χ2n) is 10.5. The number of nitrogens with one attached hydrogen (secondary N) is 1. The number of hydrogen-bond acceptors (Lipinski definition) is 6. The lowest BCUT2D eigenvalue weighted by molar-refractivity contribution is 0.217. The number of halogens is 3. The largest absolute Gasteiger partial charge is 0.483 e. The molecule has 0 spiro atoms. The normalized spacial score (nSPS) is 16.0. The van der Waals surface area contributed by atoms with Crippen LogP contribution in [0.5, 0.6) is 5.75 Å². The molecule has 1 aliphatic heterocycles. The van der Waals surface area contributed by atoms with Crippen molar-refractivity contribution in [2.45, 2.75) is 20.0 Å². The Morgan fingerprint density at radius 2 is 1.89 bits per heavy atom. The second kappa shape index (κ2) is 9.57. The summed E-state index contributed by atoms with van der Waals surface area (Å²) in [6, 6.07) is 6.86. The summed E-state index contributed by atoms with van der Waals surface area (Å²) < 4.78 is 33.1. The minimum absolute atomic E-state index is 0.0418. The maximum atomic E-state index is 14.9.